The maximum absolute atomic E-state index is 12.6. The molecule has 0 bridgehead atoms. The molecule has 0 saturated carbocycles. The summed E-state index contributed by atoms with van der Waals surface area (Å²) in [6.45, 7) is 2.16. The highest BCUT2D eigenvalue weighted by atomic mass is 32.2. The van der Waals surface area contributed by atoms with E-state index in [2.05, 4.69) is 4.98 Å². The standard InChI is InChI=1S/C27H27N3O4S/c1-4-34-24(31)17-30-26(20-10-14-23(33-3)15-11-20)25(19-8-12-22(32-2)13-9-19)29-27(30)35-18-21-7-5-6-16-28-21/h5-16H,4,17-18H2,1-3H3. The van der Waals surface area contributed by atoms with Crippen molar-refractivity contribution in [2.24, 2.45) is 0 Å². The van der Waals surface area contributed by atoms with E-state index in [1.165, 1.54) is 11.8 Å². The number of carbonyl (C=O) groups is 1. The zero-order valence-corrected chi connectivity index (χ0v) is 20.7. The van der Waals surface area contributed by atoms with E-state index in [1.807, 2.05) is 71.3 Å². The summed E-state index contributed by atoms with van der Waals surface area (Å²) in [5.41, 5.74) is 4.36. The summed E-state index contributed by atoms with van der Waals surface area (Å²) >= 11 is 1.53. The van der Waals surface area contributed by atoms with Crippen molar-refractivity contribution in [3.8, 4) is 34.0 Å². The van der Waals surface area contributed by atoms with Gasteiger partial charge in [-0.1, -0.05) is 17.8 Å². The van der Waals surface area contributed by atoms with Crippen LogP contribution in [0.3, 0.4) is 0 Å². The second kappa shape index (κ2) is 11.6. The SMILES string of the molecule is CCOC(=O)Cn1c(SCc2ccccn2)nc(-c2ccc(OC)cc2)c1-c1ccc(OC)cc1. The lowest BCUT2D eigenvalue weighted by Gasteiger charge is -2.13. The number of hydrogen-bond acceptors (Lipinski definition) is 7. The van der Waals surface area contributed by atoms with Gasteiger partial charge in [-0.25, -0.2) is 4.98 Å². The fraction of sp³-hybridized carbons (Fsp3) is 0.222. The van der Waals surface area contributed by atoms with E-state index in [0.29, 0.717) is 17.5 Å². The number of carbonyl (C=O) groups excluding carboxylic acids is 1. The number of ether oxygens (including phenoxy) is 3. The van der Waals surface area contributed by atoms with Crippen LogP contribution in [0.1, 0.15) is 12.6 Å². The molecule has 0 unspecified atom stereocenters. The Kier molecular flexibility index (Phi) is 8.05. The summed E-state index contributed by atoms with van der Waals surface area (Å²) in [6.07, 6.45) is 1.77. The molecule has 0 fully saturated rings. The van der Waals surface area contributed by atoms with Gasteiger partial charge in [-0.3, -0.25) is 9.78 Å². The Balaban J connectivity index is 1.84. The summed E-state index contributed by atoms with van der Waals surface area (Å²) in [6, 6.07) is 21.3. The topological polar surface area (TPSA) is 75.5 Å². The maximum Gasteiger partial charge on any atom is 0.326 e. The summed E-state index contributed by atoms with van der Waals surface area (Å²) in [4.78, 5) is 22.0. The summed E-state index contributed by atoms with van der Waals surface area (Å²) < 4.78 is 17.9. The minimum atomic E-state index is -0.319. The van der Waals surface area contributed by atoms with Crippen LogP contribution in [0, 0.1) is 0 Å². The van der Waals surface area contributed by atoms with Gasteiger partial charge in [0.1, 0.15) is 18.0 Å². The highest BCUT2D eigenvalue weighted by Gasteiger charge is 2.23. The Hall–Kier alpha value is -3.78. The largest absolute Gasteiger partial charge is 0.497 e. The lowest BCUT2D eigenvalue weighted by molar-refractivity contribution is -0.143. The number of aromatic nitrogens is 3. The molecule has 0 saturated heterocycles. The van der Waals surface area contributed by atoms with E-state index in [-0.39, 0.29) is 12.5 Å². The zero-order valence-electron chi connectivity index (χ0n) is 19.9. The van der Waals surface area contributed by atoms with Gasteiger partial charge in [0, 0.05) is 23.1 Å². The van der Waals surface area contributed by atoms with Crippen LogP contribution in [0.2, 0.25) is 0 Å². The molecule has 0 spiro atoms. The van der Waals surface area contributed by atoms with Crippen LogP contribution < -0.4 is 9.47 Å². The Morgan fingerprint density at radius 2 is 1.57 bits per heavy atom. The van der Waals surface area contributed by atoms with E-state index >= 15 is 0 Å². The molecule has 0 atom stereocenters. The molecule has 2 aromatic heterocycles. The van der Waals surface area contributed by atoms with Crippen LogP contribution in [0.25, 0.3) is 22.5 Å². The Labute approximate surface area is 209 Å². The highest BCUT2D eigenvalue weighted by Crippen LogP contribution is 2.38. The van der Waals surface area contributed by atoms with Crippen LogP contribution >= 0.6 is 11.8 Å². The molecule has 0 N–H and O–H groups in total. The molecule has 0 radical (unpaired) electrons. The maximum atomic E-state index is 12.6. The minimum Gasteiger partial charge on any atom is -0.497 e. The van der Waals surface area contributed by atoms with Crippen molar-refractivity contribution in [3.05, 3.63) is 78.6 Å². The molecule has 0 aliphatic carbocycles. The Bertz CT molecular complexity index is 1260. The van der Waals surface area contributed by atoms with Crippen molar-refractivity contribution in [1.29, 1.82) is 0 Å². The van der Waals surface area contributed by atoms with Gasteiger partial charge in [0.2, 0.25) is 0 Å². The van der Waals surface area contributed by atoms with Crippen molar-refractivity contribution in [3.63, 3.8) is 0 Å². The molecule has 0 aliphatic heterocycles. The quantitative estimate of drug-likeness (QED) is 0.216. The fourth-order valence-corrected chi connectivity index (χ4v) is 4.55. The van der Waals surface area contributed by atoms with Gasteiger partial charge in [0.25, 0.3) is 0 Å². The second-order valence-corrected chi connectivity index (χ2v) is 8.49. The average molecular weight is 490 g/mol. The van der Waals surface area contributed by atoms with E-state index in [9.17, 15) is 4.79 Å². The lowest BCUT2D eigenvalue weighted by Crippen LogP contribution is -2.15. The van der Waals surface area contributed by atoms with Crippen molar-refractivity contribution in [2.75, 3.05) is 20.8 Å². The van der Waals surface area contributed by atoms with Crippen LogP contribution in [-0.4, -0.2) is 41.3 Å². The number of rotatable bonds is 10. The fourth-order valence-electron chi connectivity index (χ4n) is 3.64. The third-order valence-corrected chi connectivity index (χ3v) is 6.34. The van der Waals surface area contributed by atoms with E-state index in [1.54, 1.807) is 27.3 Å². The first kappa shape index (κ1) is 24.3. The predicted molar refractivity (Wildman–Crippen MR) is 137 cm³/mol. The molecular weight excluding hydrogens is 462 g/mol. The van der Waals surface area contributed by atoms with Crippen molar-refractivity contribution >= 4 is 17.7 Å². The lowest BCUT2D eigenvalue weighted by atomic mass is 10.0. The molecule has 7 nitrogen and oxygen atoms in total. The molecule has 2 aromatic carbocycles. The first-order chi connectivity index (χ1) is 17.1. The number of esters is 1. The number of hydrogen-bond donors (Lipinski definition) is 0. The van der Waals surface area contributed by atoms with Crippen molar-refractivity contribution in [2.45, 2.75) is 24.4 Å². The molecule has 180 valence electrons. The molecule has 4 rings (SSSR count). The second-order valence-electron chi connectivity index (χ2n) is 7.55. The Morgan fingerprint density at radius 1 is 0.914 bits per heavy atom. The zero-order chi connectivity index (χ0) is 24.6. The van der Waals surface area contributed by atoms with Gasteiger partial charge in [-0.15, -0.1) is 0 Å². The minimum absolute atomic E-state index is 0.0446. The molecule has 2 heterocycles. The summed E-state index contributed by atoms with van der Waals surface area (Å²) in [5, 5.41) is 0.709. The monoisotopic (exact) mass is 489 g/mol. The predicted octanol–water partition coefficient (Wildman–Crippen LogP) is 5.48. The Morgan fingerprint density at radius 3 is 2.14 bits per heavy atom. The molecule has 0 amide bonds. The highest BCUT2D eigenvalue weighted by molar-refractivity contribution is 7.98. The van der Waals surface area contributed by atoms with Crippen LogP contribution in [-0.2, 0) is 21.8 Å². The molecular formula is C27H27N3O4S. The number of pyridine rings is 1. The van der Waals surface area contributed by atoms with Gasteiger partial charge in [0.15, 0.2) is 5.16 Å². The summed E-state index contributed by atoms with van der Waals surface area (Å²) in [7, 11) is 3.27. The van der Waals surface area contributed by atoms with Crippen LogP contribution in [0.4, 0.5) is 0 Å². The molecule has 4 aromatic rings. The van der Waals surface area contributed by atoms with Gasteiger partial charge >= 0.3 is 5.97 Å². The third-order valence-electron chi connectivity index (χ3n) is 5.33. The van der Waals surface area contributed by atoms with Crippen LogP contribution in [0.5, 0.6) is 11.5 Å². The van der Waals surface area contributed by atoms with Gasteiger partial charge < -0.3 is 18.8 Å². The van der Waals surface area contributed by atoms with Crippen molar-refractivity contribution in [1.82, 2.24) is 14.5 Å². The molecule has 0 aliphatic rings. The number of nitrogens with zero attached hydrogens (tertiary/aromatic N) is 3. The van der Waals surface area contributed by atoms with Gasteiger partial charge in [-0.05, 0) is 67.6 Å². The normalized spacial score (nSPS) is 10.7. The average Bonchev–Trinajstić information content (AvgIpc) is 3.26. The molecule has 35 heavy (non-hydrogen) atoms. The van der Waals surface area contributed by atoms with Crippen molar-refractivity contribution < 1.29 is 19.0 Å². The first-order valence-electron chi connectivity index (χ1n) is 11.2. The number of methoxy groups -OCH3 is 2. The van der Waals surface area contributed by atoms with Gasteiger partial charge in [0.05, 0.1) is 37.9 Å². The third kappa shape index (κ3) is 5.84. The number of benzene rings is 2. The first-order valence-corrected chi connectivity index (χ1v) is 12.2. The molecule has 8 heteroatoms. The van der Waals surface area contributed by atoms with Crippen LogP contribution in [0.15, 0.2) is 78.1 Å². The number of thioether (sulfide) groups is 1. The van der Waals surface area contributed by atoms with E-state index in [4.69, 9.17) is 19.2 Å². The number of imidazole rings is 1. The van der Waals surface area contributed by atoms with E-state index < -0.39 is 0 Å². The van der Waals surface area contributed by atoms with E-state index in [0.717, 1.165) is 39.7 Å². The summed E-state index contributed by atoms with van der Waals surface area (Å²) in [5.74, 6) is 1.81. The van der Waals surface area contributed by atoms with Gasteiger partial charge in [-0.2, -0.15) is 0 Å². The smallest absolute Gasteiger partial charge is 0.326 e.